The summed E-state index contributed by atoms with van der Waals surface area (Å²) in [6.45, 7) is 1.16. The summed E-state index contributed by atoms with van der Waals surface area (Å²) in [4.78, 5) is 11.3. The van der Waals surface area contributed by atoms with Crippen molar-refractivity contribution in [3.05, 3.63) is 35.8 Å². The molecule has 2 aromatic rings. The fourth-order valence-corrected chi connectivity index (χ4v) is 4.13. The van der Waals surface area contributed by atoms with Crippen LogP contribution in [0.15, 0.2) is 24.5 Å². The second-order valence-electron chi connectivity index (χ2n) is 7.29. The van der Waals surface area contributed by atoms with E-state index < -0.39 is 0 Å². The predicted octanol–water partition coefficient (Wildman–Crippen LogP) is 3.51. The Kier molecular flexibility index (Phi) is 2.59. The number of anilines is 1. The van der Waals surface area contributed by atoms with E-state index in [0.717, 1.165) is 17.8 Å². The van der Waals surface area contributed by atoms with Crippen molar-refractivity contribution < 1.29 is 4.74 Å². The largest absolute Gasteiger partial charge is 0.480 e. The van der Waals surface area contributed by atoms with Crippen molar-refractivity contribution in [1.82, 2.24) is 9.97 Å². The summed E-state index contributed by atoms with van der Waals surface area (Å²) in [6.07, 6.45) is 6.71. The summed E-state index contributed by atoms with van der Waals surface area (Å²) in [5, 5.41) is 0. The third-order valence-electron chi connectivity index (χ3n) is 5.66. The van der Waals surface area contributed by atoms with Crippen molar-refractivity contribution in [3.63, 3.8) is 0 Å². The molecule has 2 aliphatic carbocycles. The summed E-state index contributed by atoms with van der Waals surface area (Å²) in [5.74, 6) is 1.28. The molecule has 0 atom stereocenters. The van der Waals surface area contributed by atoms with Gasteiger partial charge >= 0.3 is 0 Å². The van der Waals surface area contributed by atoms with Crippen LogP contribution in [0.3, 0.4) is 0 Å². The van der Waals surface area contributed by atoms with E-state index in [1.54, 1.807) is 13.4 Å². The Labute approximate surface area is 136 Å². The first-order valence-corrected chi connectivity index (χ1v) is 8.47. The van der Waals surface area contributed by atoms with Crippen molar-refractivity contribution in [2.24, 2.45) is 0 Å². The quantitative estimate of drug-likeness (QED) is 0.870. The molecule has 0 amide bonds. The number of fused-ring (bicyclic) bond motifs is 2. The molecule has 0 N–H and O–H groups in total. The standard InChI is InChI=1S/C19H21N3O/c1-22-10-19(7-8-19)14-9-13(5-6-15(14)22)16-17(12-3-4-12)20-11-21-18(16)23-2/h5-6,9,11-12H,3-4,7-8,10H2,1-2H3. The van der Waals surface area contributed by atoms with Gasteiger partial charge in [-0.05, 0) is 48.9 Å². The lowest BCUT2D eigenvalue weighted by atomic mass is 9.93. The highest BCUT2D eigenvalue weighted by atomic mass is 16.5. The third kappa shape index (κ3) is 1.90. The number of benzene rings is 1. The van der Waals surface area contributed by atoms with Gasteiger partial charge in [0, 0.05) is 30.6 Å². The van der Waals surface area contributed by atoms with Gasteiger partial charge in [-0.15, -0.1) is 0 Å². The maximum atomic E-state index is 5.56. The zero-order valence-electron chi connectivity index (χ0n) is 13.7. The molecule has 1 aromatic carbocycles. The van der Waals surface area contributed by atoms with E-state index in [1.807, 2.05) is 0 Å². The van der Waals surface area contributed by atoms with Crippen molar-refractivity contribution in [3.8, 4) is 17.0 Å². The Balaban J connectivity index is 1.69. The van der Waals surface area contributed by atoms with Gasteiger partial charge in [-0.2, -0.15) is 0 Å². The first kappa shape index (κ1) is 13.3. The van der Waals surface area contributed by atoms with E-state index in [0.29, 0.717) is 17.2 Å². The Morgan fingerprint density at radius 2 is 2.04 bits per heavy atom. The monoisotopic (exact) mass is 307 g/mol. The number of nitrogens with zero attached hydrogens (tertiary/aromatic N) is 3. The number of ether oxygens (including phenoxy) is 1. The number of aromatic nitrogens is 2. The average Bonchev–Trinajstić information content (AvgIpc) is 3.48. The molecule has 5 rings (SSSR count). The maximum absolute atomic E-state index is 5.56. The molecule has 0 saturated heterocycles. The molecule has 0 radical (unpaired) electrons. The average molecular weight is 307 g/mol. The molecule has 1 spiro atoms. The normalized spacial score (nSPS) is 20.7. The minimum Gasteiger partial charge on any atom is -0.480 e. The minimum atomic E-state index is 0.405. The molecule has 2 heterocycles. The number of likely N-dealkylation sites (N-methyl/N-ethyl adjacent to an activating group) is 1. The van der Waals surface area contributed by atoms with Gasteiger partial charge in [0.15, 0.2) is 0 Å². The number of rotatable bonds is 3. The predicted molar refractivity (Wildman–Crippen MR) is 90.2 cm³/mol. The smallest absolute Gasteiger partial charge is 0.224 e. The van der Waals surface area contributed by atoms with Gasteiger partial charge in [-0.25, -0.2) is 9.97 Å². The number of hydrogen-bond acceptors (Lipinski definition) is 4. The van der Waals surface area contributed by atoms with Crippen LogP contribution in [-0.4, -0.2) is 30.7 Å². The van der Waals surface area contributed by atoms with Crippen LogP contribution in [0.1, 0.15) is 42.9 Å². The lowest BCUT2D eigenvalue weighted by molar-refractivity contribution is 0.398. The minimum absolute atomic E-state index is 0.405. The molecule has 0 bridgehead atoms. The van der Waals surface area contributed by atoms with Crippen molar-refractivity contribution in [2.45, 2.75) is 37.0 Å². The van der Waals surface area contributed by atoms with Crippen LogP contribution in [0, 0.1) is 0 Å². The van der Waals surface area contributed by atoms with Gasteiger partial charge in [0.25, 0.3) is 0 Å². The first-order valence-electron chi connectivity index (χ1n) is 8.47. The van der Waals surface area contributed by atoms with Gasteiger partial charge in [-0.1, -0.05) is 6.07 Å². The molecule has 0 unspecified atom stereocenters. The molecule has 118 valence electrons. The van der Waals surface area contributed by atoms with Crippen molar-refractivity contribution in [1.29, 1.82) is 0 Å². The van der Waals surface area contributed by atoms with Crippen LogP contribution in [0.4, 0.5) is 5.69 Å². The van der Waals surface area contributed by atoms with Crippen LogP contribution in [0.2, 0.25) is 0 Å². The maximum Gasteiger partial charge on any atom is 0.224 e. The summed E-state index contributed by atoms with van der Waals surface area (Å²) in [7, 11) is 3.90. The van der Waals surface area contributed by atoms with Gasteiger partial charge < -0.3 is 9.64 Å². The van der Waals surface area contributed by atoms with Gasteiger partial charge in [0.05, 0.1) is 18.4 Å². The van der Waals surface area contributed by atoms with Gasteiger partial charge in [-0.3, -0.25) is 0 Å². The van der Waals surface area contributed by atoms with E-state index in [1.165, 1.54) is 42.5 Å². The highest BCUT2D eigenvalue weighted by molar-refractivity contribution is 5.77. The van der Waals surface area contributed by atoms with Gasteiger partial charge in [0.2, 0.25) is 5.88 Å². The number of methoxy groups -OCH3 is 1. The highest BCUT2D eigenvalue weighted by Crippen LogP contribution is 2.57. The van der Waals surface area contributed by atoms with Crippen LogP contribution in [0.5, 0.6) is 5.88 Å². The fraction of sp³-hybridized carbons (Fsp3) is 0.474. The highest BCUT2D eigenvalue weighted by Gasteiger charge is 2.51. The van der Waals surface area contributed by atoms with E-state index in [9.17, 15) is 0 Å². The second-order valence-corrected chi connectivity index (χ2v) is 7.29. The molecule has 1 aliphatic heterocycles. The zero-order chi connectivity index (χ0) is 15.6. The van der Waals surface area contributed by atoms with Crippen molar-refractivity contribution >= 4 is 5.69 Å². The second kappa shape index (κ2) is 4.47. The molecular weight excluding hydrogens is 286 g/mol. The zero-order valence-corrected chi connectivity index (χ0v) is 13.7. The van der Waals surface area contributed by atoms with Crippen LogP contribution >= 0.6 is 0 Å². The third-order valence-corrected chi connectivity index (χ3v) is 5.66. The molecule has 2 fully saturated rings. The van der Waals surface area contributed by atoms with E-state index in [4.69, 9.17) is 4.74 Å². The summed E-state index contributed by atoms with van der Waals surface area (Å²) < 4.78 is 5.56. The summed E-state index contributed by atoms with van der Waals surface area (Å²) >= 11 is 0. The van der Waals surface area contributed by atoms with Crippen LogP contribution < -0.4 is 9.64 Å². The molecule has 2 saturated carbocycles. The Bertz CT molecular complexity index is 793. The van der Waals surface area contributed by atoms with E-state index >= 15 is 0 Å². The van der Waals surface area contributed by atoms with Crippen LogP contribution in [0.25, 0.3) is 11.1 Å². The Hall–Kier alpha value is -2.10. The van der Waals surface area contributed by atoms with E-state index in [-0.39, 0.29) is 0 Å². The van der Waals surface area contributed by atoms with Crippen molar-refractivity contribution in [2.75, 3.05) is 25.6 Å². The Morgan fingerprint density at radius 1 is 1.22 bits per heavy atom. The van der Waals surface area contributed by atoms with Crippen LogP contribution in [-0.2, 0) is 5.41 Å². The summed E-state index contributed by atoms with van der Waals surface area (Å²) in [6, 6.07) is 6.85. The molecule has 23 heavy (non-hydrogen) atoms. The lowest BCUT2D eigenvalue weighted by Crippen LogP contribution is -2.18. The summed E-state index contributed by atoms with van der Waals surface area (Å²) in [5.41, 5.74) is 6.77. The number of hydrogen-bond donors (Lipinski definition) is 0. The molecule has 4 heteroatoms. The topological polar surface area (TPSA) is 38.3 Å². The Morgan fingerprint density at radius 3 is 2.74 bits per heavy atom. The first-order chi connectivity index (χ1) is 11.2. The lowest BCUT2D eigenvalue weighted by Gasteiger charge is -2.15. The molecule has 4 nitrogen and oxygen atoms in total. The van der Waals surface area contributed by atoms with E-state index in [2.05, 4.69) is 40.1 Å². The SMILES string of the molecule is COc1ncnc(C2CC2)c1-c1ccc2c(c1)C1(CC1)CN2C. The molecular formula is C19H21N3O. The van der Waals surface area contributed by atoms with Gasteiger partial charge in [0.1, 0.15) is 6.33 Å². The fourth-order valence-electron chi connectivity index (χ4n) is 4.13. The molecule has 1 aromatic heterocycles. The molecule has 3 aliphatic rings.